The molecule has 23 heavy (non-hydrogen) atoms. The molecule has 0 atom stereocenters. The molecule has 0 bridgehead atoms. The number of hydrogen-bond donors (Lipinski definition) is 1. The number of rotatable bonds is 3. The van der Waals surface area contributed by atoms with Gasteiger partial charge in [0, 0.05) is 36.0 Å². The summed E-state index contributed by atoms with van der Waals surface area (Å²) in [5.74, 6) is -0.143. The van der Waals surface area contributed by atoms with Crippen LogP contribution in [-0.4, -0.2) is 35.0 Å². The van der Waals surface area contributed by atoms with Crippen molar-refractivity contribution >= 4 is 27.7 Å². The summed E-state index contributed by atoms with van der Waals surface area (Å²) in [5.41, 5.74) is 0.413. The molecule has 1 saturated heterocycles. The van der Waals surface area contributed by atoms with Crippen LogP contribution >= 0.6 is 15.9 Å². The minimum Gasteiger partial charge on any atom is -0.354 e. The zero-order valence-corrected chi connectivity index (χ0v) is 14.0. The number of pyridine rings is 2. The number of amides is 1. The number of nitrogens with zero attached hydrogens (tertiary/aromatic N) is 3. The lowest BCUT2D eigenvalue weighted by atomic mass is 10.0. The molecule has 0 spiro atoms. The summed E-state index contributed by atoms with van der Waals surface area (Å²) in [6.45, 7) is 1.30. The third-order valence-corrected chi connectivity index (χ3v) is 4.25. The third kappa shape index (κ3) is 3.85. The maximum absolute atomic E-state index is 14.0. The average molecular weight is 379 g/mol. The molecule has 0 radical (unpaired) electrons. The fourth-order valence-corrected chi connectivity index (χ4v) is 2.94. The van der Waals surface area contributed by atoms with Gasteiger partial charge >= 0.3 is 0 Å². The summed E-state index contributed by atoms with van der Waals surface area (Å²) >= 11 is 3.20. The number of piperidine rings is 1. The number of hydrogen-bond acceptors (Lipinski definition) is 4. The number of aromatic nitrogens is 2. The first-order valence-corrected chi connectivity index (χ1v) is 8.20. The smallest absolute Gasteiger partial charge is 0.270 e. The van der Waals surface area contributed by atoms with Gasteiger partial charge in [0.25, 0.3) is 5.91 Å². The molecule has 5 nitrogen and oxygen atoms in total. The van der Waals surface area contributed by atoms with Crippen LogP contribution in [0.25, 0.3) is 0 Å². The van der Waals surface area contributed by atoms with Gasteiger partial charge in [0.1, 0.15) is 5.69 Å². The summed E-state index contributed by atoms with van der Waals surface area (Å²) in [6.07, 6.45) is 4.68. The lowest BCUT2D eigenvalue weighted by molar-refractivity contribution is 0.0926. The minimum atomic E-state index is -0.338. The van der Waals surface area contributed by atoms with Gasteiger partial charge < -0.3 is 10.2 Å². The van der Waals surface area contributed by atoms with Crippen molar-refractivity contribution in [2.24, 2.45) is 0 Å². The second-order valence-corrected chi connectivity index (χ2v) is 6.32. The number of anilines is 1. The number of carbonyl (C=O) groups excluding carboxylic acids is 1. The van der Waals surface area contributed by atoms with Crippen LogP contribution in [0, 0.1) is 5.82 Å². The lowest BCUT2D eigenvalue weighted by Crippen LogP contribution is -2.45. The summed E-state index contributed by atoms with van der Waals surface area (Å²) in [6, 6.07) is 6.73. The largest absolute Gasteiger partial charge is 0.354 e. The van der Waals surface area contributed by atoms with E-state index < -0.39 is 0 Å². The van der Waals surface area contributed by atoms with Crippen LogP contribution in [-0.2, 0) is 0 Å². The second kappa shape index (κ2) is 7.04. The van der Waals surface area contributed by atoms with Gasteiger partial charge in [0.2, 0.25) is 0 Å². The van der Waals surface area contributed by atoms with Gasteiger partial charge in [-0.2, -0.15) is 0 Å². The van der Waals surface area contributed by atoms with Crippen molar-refractivity contribution < 1.29 is 9.18 Å². The Kier molecular flexibility index (Phi) is 4.85. The molecule has 0 saturated carbocycles. The van der Waals surface area contributed by atoms with E-state index in [1.165, 1.54) is 6.07 Å². The highest BCUT2D eigenvalue weighted by molar-refractivity contribution is 9.10. The van der Waals surface area contributed by atoms with Crippen molar-refractivity contribution in [3.63, 3.8) is 0 Å². The van der Waals surface area contributed by atoms with E-state index in [1.54, 1.807) is 30.6 Å². The van der Waals surface area contributed by atoms with Crippen molar-refractivity contribution in [1.82, 2.24) is 15.3 Å². The van der Waals surface area contributed by atoms with E-state index in [9.17, 15) is 9.18 Å². The molecule has 0 unspecified atom stereocenters. The Hall–Kier alpha value is -2.02. The fraction of sp³-hybridized carbons (Fsp3) is 0.312. The topological polar surface area (TPSA) is 58.1 Å². The molecule has 2 aromatic rings. The molecule has 7 heteroatoms. The first kappa shape index (κ1) is 15.9. The highest BCUT2D eigenvalue weighted by Gasteiger charge is 2.23. The highest BCUT2D eigenvalue weighted by Crippen LogP contribution is 2.23. The monoisotopic (exact) mass is 378 g/mol. The zero-order valence-electron chi connectivity index (χ0n) is 12.4. The van der Waals surface area contributed by atoms with E-state index in [2.05, 4.69) is 31.2 Å². The maximum atomic E-state index is 14.0. The first-order valence-electron chi connectivity index (χ1n) is 7.41. The predicted molar refractivity (Wildman–Crippen MR) is 88.8 cm³/mol. The Bertz CT molecular complexity index is 690. The minimum absolute atomic E-state index is 0.0688. The number of nitrogens with one attached hydrogen (secondary N) is 1. The van der Waals surface area contributed by atoms with Crippen LogP contribution in [0.3, 0.4) is 0 Å². The summed E-state index contributed by atoms with van der Waals surface area (Å²) in [7, 11) is 0. The SMILES string of the molecule is O=C(NC1CCN(c2ncc(Br)cc2F)CC1)c1ccccn1. The van der Waals surface area contributed by atoms with Crippen LogP contribution in [0.5, 0.6) is 0 Å². The summed E-state index contributed by atoms with van der Waals surface area (Å²) < 4.78 is 14.6. The molecule has 2 aromatic heterocycles. The Morgan fingerprint density at radius 1 is 1.30 bits per heavy atom. The van der Waals surface area contributed by atoms with Gasteiger partial charge in [-0.15, -0.1) is 0 Å². The van der Waals surface area contributed by atoms with E-state index in [0.717, 1.165) is 12.8 Å². The molecule has 1 amide bonds. The van der Waals surface area contributed by atoms with Crippen molar-refractivity contribution in [2.75, 3.05) is 18.0 Å². The van der Waals surface area contributed by atoms with Crippen LogP contribution < -0.4 is 10.2 Å². The summed E-state index contributed by atoms with van der Waals surface area (Å²) in [5, 5.41) is 2.98. The van der Waals surface area contributed by atoms with E-state index in [1.807, 2.05) is 4.90 Å². The van der Waals surface area contributed by atoms with E-state index in [-0.39, 0.29) is 17.8 Å². The number of carbonyl (C=O) groups is 1. The molecule has 0 aliphatic carbocycles. The predicted octanol–water partition coefficient (Wildman–Crippen LogP) is 2.78. The molecule has 120 valence electrons. The van der Waals surface area contributed by atoms with Crippen LogP contribution in [0.4, 0.5) is 10.2 Å². The third-order valence-electron chi connectivity index (χ3n) is 3.82. The lowest BCUT2D eigenvalue weighted by Gasteiger charge is -2.33. The quantitative estimate of drug-likeness (QED) is 0.891. The van der Waals surface area contributed by atoms with Gasteiger partial charge in [-0.3, -0.25) is 9.78 Å². The molecular weight excluding hydrogens is 363 g/mol. The van der Waals surface area contributed by atoms with Crippen LogP contribution in [0.2, 0.25) is 0 Å². The molecule has 0 aromatic carbocycles. The Morgan fingerprint density at radius 2 is 2.09 bits per heavy atom. The first-order chi connectivity index (χ1) is 11.1. The van der Waals surface area contributed by atoms with Crippen molar-refractivity contribution in [1.29, 1.82) is 0 Å². The Balaban J connectivity index is 1.57. The van der Waals surface area contributed by atoms with Gasteiger partial charge in [-0.05, 0) is 47.0 Å². The van der Waals surface area contributed by atoms with Crippen LogP contribution in [0.15, 0.2) is 41.1 Å². The normalized spacial score (nSPS) is 15.5. The van der Waals surface area contributed by atoms with E-state index >= 15 is 0 Å². The molecule has 1 aliphatic rings. The van der Waals surface area contributed by atoms with Crippen LogP contribution in [0.1, 0.15) is 23.3 Å². The van der Waals surface area contributed by atoms with E-state index in [0.29, 0.717) is 29.1 Å². The molecule has 3 heterocycles. The van der Waals surface area contributed by atoms with Gasteiger partial charge in [-0.25, -0.2) is 9.37 Å². The molecule has 1 fully saturated rings. The van der Waals surface area contributed by atoms with Crippen molar-refractivity contribution in [3.8, 4) is 0 Å². The molecule has 3 rings (SSSR count). The molecule has 1 N–H and O–H groups in total. The molecule has 1 aliphatic heterocycles. The van der Waals surface area contributed by atoms with E-state index in [4.69, 9.17) is 0 Å². The fourth-order valence-electron chi connectivity index (χ4n) is 2.63. The Morgan fingerprint density at radius 3 is 2.74 bits per heavy atom. The van der Waals surface area contributed by atoms with Crippen molar-refractivity contribution in [3.05, 3.63) is 52.6 Å². The average Bonchev–Trinajstić information content (AvgIpc) is 2.57. The standard InChI is InChI=1S/C16H16BrFN4O/c17-11-9-13(18)15(20-10-11)22-7-4-12(5-8-22)21-16(23)14-3-1-2-6-19-14/h1-3,6,9-10,12H,4-5,7-8H2,(H,21,23). The Labute approximate surface area is 142 Å². The van der Waals surface area contributed by atoms with Gasteiger partial charge in [-0.1, -0.05) is 6.07 Å². The highest BCUT2D eigenvalue weighted by atomic mass is 79.9. The van der Waals surface area contributed by atoms with Gasteiger partial charge in [0.05, 0.1) is 0 Å². The summed E-state index contributed by atoms with van der Waals surface area (Å²) in [4.78, 5) is 22.2. The zero-order chi connectivity index (χ0) is 16.2. The second-order valence-electron chi connectivity index (χ2n) is 5.41. The molecular formula is C16H16BrFN4O. The van der Waals surface area contributed by atoms with Crippen molar-refractivity contribution in [2.45, 2.75) is 18.9 Å². The number of halogens is 2. The maximum Gasteiger partial charge on any atom is 0.270 e. The van der Waals surface area contributed by atoms with Gasteiger partial charge in [0.15, 0.2) is 11.6 Å².